The van der Waals surface area contributed by atoms with E-state index in [1.54, 1.807) is 0 Å². The Balaban J connectivity index is -0.00000000500. The van der Waals surface area contributed by atoms with Crippen LogP contribution in [0.2, 0.25) is 0 Å². The Kier molecular flexibility index (Phi) is 77.0. The Labute approximate surface area is 67.5 Å². The monoisotopic (exact) mass is 277 g/mol. The van der Waals surface area contributed by atoms with Gasteiger partial charge in [-0.15, -0.1) is 0 Å². The van der Waals surface area contributed by atoms with E-state index < -0.39 is 0 Å². The van der Waals surface area contributed by atoms with Gasteiger partial charge in [-0.05, 0) is 0 Å². The molecule has 0 aliphatic rings. The molecule has 0 aromatic rings. The maximum absolute atomic E-state index is 4.78. The van der Waals surface area contributed by atoms with Crippen molar-refractivity contribution in [3.05, 3.63) is 0 Å². The molecule has 0 bridgehead atoms. The fourth-order valence-electron chi connectivity index (χ4n) is 0. The summed E-state index contributed by atoms with van der Waals surface area (Å²) in [5.41, 5.74) is 0. The zero-order valence-corrected chi connectivity index (χ0v) is 7.79. The van der Waals surface area contributed by atoms with Crippen molar-refractivity contribution in [1.82, 2.24) is 0 Å². The number of halogens is 1. The second-order valence-corrected chi connectivity index (χ2v) is 0. The van der Waals surface area contributed by atoms with Gasteiger partial charge >= 0.3 is 15.4 Å². The van der Waals surface area contributed by atoms with Gasteiger partial charge in [-0.2, -0.15) is 0 Å². The van der Waals surface area contributed by atoms with Crippen LogP contribution in [0, 0.1) is 0 Å². The minimum absolute atomic E-state index is 0. The van der Waals surface area contributed by atoms with Crippen molar-refractivity contribution in [2.24, 2.45) is 0 Å². The van der Waals surface area contributed by atoms with Crippen molar-refractivity contribution in [1.29, 1.82) is 0 Å². The van der Waals surface area contributed by atoms with E-state index in [1.165, 1.54) is 0 Å². The predicted molar refractivity (Wildman–Crippen MR) is 14.4 cm³/mol. The molecule has 0 aliphatic carbocycles. The van der Waals surface area contributed by atoms with Crippen LogP contribution < -0.4 is 0 Å². The van der Waals surface area contributed by atoms with Crippen molar-refractivity contribution in [2.45, 2.75) is 0 Å². The molecule has 1 radical (unpaired) electrons. The normalized spacial score (nSPS) is 1.25. The number of hydrogen-bond acceptors (Lipinski definition) is 0. The van der Waals surface area contributed by atoms with Crippen LogP contribution in [-0.2, 0) is 42.8 Å². The van der Waals surface area contributed by atoms with E-state index in [2.05, 4.69) is 0 Å². The zero-order chi connectivity index (χ0) is 2.00. The molecular formula is H2AgAlClPd. The van der Waals surface area contributed by atoms with Crippen LogP contribution in [-0.4, -0.2) is 15.4 Å². The summed E-state index contributed by atoms with van der Waals surface area (Å²) in [4.78, 5) is 0. The van der Waals surface area contributed by atoms with Gasteiger partial charge in [0.2, 0.25) is 0 Å². The summed E-state index contributed by atoms with van der Waals surface area (Å²) in [5.74, 6) is 0. The third-order valence-electron chi connectivity index (χ3n) is 0. The predicted octanol–water partition coefficient (Wildman–Crippen LogP) is -0.232. The summed E-state index contributed by atoms with van der Waals surface area (Å²) < 4.78 is 0. The fraction of sp³-hybridized carbons (Fsp3) is 0. The van der Waals surface area contributed by atoms with Gasteiger partial charge < -0.3 is 0 Å². The van der Waals surface area contributed by atoms with Crippen molar-refractivity contribution in [3.63, 3.8) is 0 Å². The third-order valence-corrected chi connectivity index (χ3v) is 0. The number of rotatable bonds is 0. The summed E-state index contributed by atoms with van der Waals surface area (Å²) in [6.45, 7) is 0. The minimum atomic E-state index is 0. The molecule has 0 heterocycles. The molecule has 0 unspecified atom stereocenters. The zero-order valence-electron chi connectivity index (χ0n) is 2.00. The maximum Gasteiger partial charge on any atom is 0.353 e. The molecule has 4 heteroatoms. The van der Waals surface area contributed by atoms with Crippen LogP contribution in [0.4, 0.5) is 0 Å². The first-order valence-electron chi connectivity index (χ1n) is 0.378. The average Bonchev–Trinajstić information content (AvgIpc) is 1.00. The molecule has 0 amide bonds. The van der Waals surface area contributed by atoms with Crippen LogP contribution in [0.25, 0.3) is 0 Å². The fourth-order valence-corrected chi connectivity index (χ4v) is 0. The standard InChI is InChI=1S/Ag.Al.ClH.Pd.2H/h;;1H;;;/q;+1;;;;/p-1. The van der Waals surface area contributed by atoms with E-state index in [0.717, 1.165) is 15.4 Å². The van der Waals surface area contributed by atoms with E-state index >= 15 is 0 Å². The van der Waals surface area contributed by atoms with Crippen molar-refractivity contribution >= 4 is 25.4 Å². The van der Waals surface area contributed by atoms with Gasteiger partial charge in [-0.25, -0.2) is 0 Å². The molecule has 4 heavy (non-hydrogen) atoms. The Morgan fingerprint density at radius 1 is 1.25 bits per heavy atom. The Bertz CT molecular complexity index is 8.00. The minimum Gasteiger partial charge on any atom is -0.273 e. The molecule has 33 valence electrons. The Morgan fingerprint density at radius 3 is 1.25 bits per heavy atom. The van der Waals surface area contributed by atoms with Crippen LogP contribution >= 0.6 is 10.0 Å². The molecule has 0 rings (SSSR count). The second-order valence-electron chi connectivity index (χ2n) is 0. The molecule has 0 N–H and O–H groups in total. The molecular weight excluding hydrogens is 277 g/mol. The van der Waals surface area contributed by atoms with Gasteiger partial charge in [0.15, 0.2) is 0 Å². The smallest absolute Gasteiger partial charge is 0.273 e. The van der Waals surface area contributed by atoms with E-state index in [-0.39, 0.29) is 42.8 Å². The molecule has 0 saturated heterocycles. The Hall–Kier alpha value is 2.23. The summed E-state index contributed by atoms with van der Waals surface area (Å²) in [7, 11) is 4.78. The summed E-state index contributed by atoms with van der Waals surface area (Å²) in [6, 6.07) is 0. The van der Waals surface area contributed by atoms with Gasteiger partial charge in [0.25, 0.3) is 0 Å². The van der Waals surface area contributed by atoms with Gasteiger partial charge in [0.1, 0.15) is 0 Å². The van der Waals surface area contributed by atoms with Crippen molar-refractivity contribution in [2.75, 3.05) is 0 Å². The molecule has 0 fully saturated rings. The van der Waals surface area contributed by atoms with E-state index in [9.17, 15) is 0 Å². The third kappa shape index (κ3) is 8.88. The van der Waals surface area contributed by atoms with Crippen LogP contribution in [0.3, 0.4) is 0 Å². The van der Waals surface area contributed by atoms with Crippen molar-refractivity contribution in [3.8, 4) is 0 Å². The summed E-state index contributed by atoms with van der Waals surface area (Å²) in [5, 5.41) is 0. The molecule has 0 aliphatic heterocycles. The largest absolute Gasteiger partial charge is 0.353 e. The Morgan fingerprint density at radius 2 is 1.25 bits per heavy atom. The van der Waals surface area contributed by atoms with Crippen LogP contribution in [0.1, 0.15) is 0 Å². The molecule has 0 atom stereocenters. The van der Waals surface area contributed by atoms with Crippen LogP contribution in [0.5, 0.6) is 0 Å². The first-order valence-corrected chi connectivity index (χ1v) is 3.40. The van der Waals surface area contributed by atoms with Gasteiger partial charge in [0.05, 0.1) is 0 Å². The first kappa shape index (κ1) is 16.3. The molecule has 0 saturated carbocycles. The average molecular weight is 279 g/mol. The number of hydrogen-bond donors (Lipinski definition) is 0. The first-order chi connectivity index (χ1) is 1.00. The maximum atomic E-state index is 4.78. The van der Waals surface area contributed by atoms with Gasteiger partial charge in [0, 0.05) is 42.8 Å². The van der Waals surface area contributed by atoms with E-state index in [4.69, 9.17) is 10.0 Å². The molecule has 0 aromatic carbocycles. The van der Waals surface area contributed by atoms with Crippen molar-refractivity contribution < 1.29 is 42.8 Å². The molecule has 0 spiro atoms. The van der Waals surface area contributed by atoms with Gasteiger partial charge in [-0.3, -0.25) is 10.0 Å². The summed E-state index contributed by atoms with van der Waals surface area (Å²) >= 11 is 0.778. The quantitative estimate of drug-likeness (QED) is 0.537. The van der Waals surface area contributed by atoms with E-state index in [1.807, 2.05) is 0 Å². The van der Waals surface area contributed by atoms with E-state index in [0.29, 0.717) is 0 Å². The second kappa shape index (κ2) is 18.8. The van der Waals surface area contributed by atoms with Gasteiger partial charge in [-0.1, -0.05) is 0 Å². The van der Waals surface area contributed by atoms with Crippen LogP contribution in [0.15, 0.2) is 0 Å². The molecule has 0 aromatic heterocycles. The molecule has 0 nitrogen and oxygen atoms in total. The SMILES string of the molecule is [Ag].[AlH2][Cl].[Pd]. The summed E-state index contributed by atoms with van der Waals surface area (Å²) in [6.07, 6.45) is 0. The topological polar surface area (TPSA) is 0 Å².